The highest BCUT2D eigenvalue weighted by Crippen LogP contribution is 2.24. The summed E-state index contributed by atoms with van der Waals surface area (Å²) in [5, 5.41) is 17.8. The Morgan fingerprint density at radius 1 is 1.53 bits per heavy atom. The fraction of sp³-hybridized carbons (Fsp3) is 0.667. The van der Waals surface area contributed by atoms with Gasteiger partial charge in [0.05, 0.1) is 5.60 Å². The van der Waals surface area contributed by atoms with Gasteiger partial charge in [0.1, 0.15) is 0 Å². The van der Waals surface area contributed by atoms with Crippen LogP contribution in [0.15, 0.2) is 16.8 Å². The topological polar surface area (TPSA) is 32.3 Å². The Balaban J connectivity index is 1.87. The summed E-state index contributed by atoms with van der Waals surface area (Å²) in [6.45, 7) is 2.55. The van der Waals surface area contributed by atoms with Crippen molar-refractivity contribution in [3.8, 4) is 0 Å². The largest absolute Gasteiger partial charge is 0.384 e. The average molecular weight is 225 g/mol. The van der Waals surface area contributed by atoms with Gasteiger partial charge in [0.15, 0.2) is 0 Å². The van der Waals surface area contributed by atoms with Crippen molar-refractivity contribution in [2.75, 3.05) is 6.54 Å². The van der Waals surface area contributed by atoms with Crippen LogP contribution in [0.3, 0.4) is 0 Å². The van der Waals surface area contributed by atoms with E-state index in [0.29, 0.717) is 12.6 Å². The van der Waals surface area contributed by atoms with Crippen LogP contribution in [0.4, 0.5) is 0 Å². The number of thiophene rings is 1. The van der Waals surface area contributed by atoms with Gasteiger partial charge in [-0.05, 0) is 42.2 Å². The quantitative estimate of drug-likeness (QED) is 0.825. The molecule has 2 N–H and O–H groups in total. The van der Waals surface area contributed by atoms with E-state index >= 15 is 0 Å². The van der Waals surface area contributed by atoms with Crippen LogP contribution >= 0.6 is 11.3 Å². The Bertz CT molecular complexity index is 289. The van der Waals surface area contributed by atoms with E-state index in [-0.39, 0.29) is 0 Å². The van der Waals surface area contributed by atoms with Crippen LogP contribution in [0.5, 0.6) is 0 Å². The molecule has 1 aliphatic carbocycles. The van der Waals surface area contributed by atoms with E-state index in [4.69, 9.17) is 0 Å². The Kier molecular flexibility index (Phi) is 3.44. The van der Waals surface area contributed by atoms with E-state index < -0.39 is 5.60 Å². The molecule has 0 saturated heterocycles. The monoisotopic (exact) mass is 225 g/mol. The molecule has 2 rings (SSSR count). The second-order valence-electron chi connectivity index (χ2n) is 4.65. The van der Waals surface area contributed by atoms with Crippen LogP contribution in [-0.2, 0) is 5.60 Å². The summed E-state index contributed by atoms with van der Waals surface area (Å²) in [5.41, 5.74) is 0.306. The highest BCUT2D eigenvalue weighted by molar-refractivity contribution is 7.08. The molecular weight excluding hydrogens is 206 g/mol. The maximum Gasteiger partial charge on any atom is 0.1000 e. The molecule has 2 nitrogen and oxygen atoms in total. The SMILES string of the molecule is CC(O)(CNC1CCCC1)c1ccsc1. The molecule has 1 heterocycles. The van der Waals surface area contributed by atoms with E-state index in [9.17, 15) is 5.11 Å². The normalized spacial score (nSPS) is 21.7. The first kappa shape index (κ1) is 11.1. The van der Waals surface area contributed by atoms with Gasteiger partial charge in [0, 0.05) is 12.6 Å². The second-order valence-corrected chi connectivity index (χ2v) is 5.43. The molecule has 0 amide bonds. The van der Waals surface area contributed by atoms with Crippen molar-refractivity contribution in [3.05, 3.63) is 22.4 Å². The summed E-state index contributed by atoms with van der Waals surface area (Å²) in [6, 6.07) is 2.62. The smallest absolute Gasteiger partial charge is 0.1000 e. The zero-order chi connectivity index (χ0) is 10.7. The van der Waals surface area contributed by atoms with Gasteiger partial charge in [-0.2, -0.15) is 11.3 Å². The molecule has 1 atom stereocenters. The first-order valence-corrected chi connectivity index (χ1v) is 6.61. The predicted molar refractivity (Wildman–Crippen MR) is 64.1 cm³/mol. The van der Waals surface area contributed by atoms with Gasteiger partial charge in [-0.3, -0.25) is 0 Å². The molecule has 0 bridgehead atoms. The van der Waals surface area contributed by atoms with Gasteiger partial charge in [0.2, 0.25) is 0 Å². The highest BCUT2D eigenvalue weighted by atomic mass is 32.1. The van der Waals surface area contributed by atoms with Crippen LogP contribution in [-0.4, -0.2) is 17.7 Å². The van der Waals surface area contributed by atoms with E-state index in [1.54, 1.807) is 11.3 Å². The Morgan fingerprint density at radius 3 is 2.87 bits per heavy atom. The zero-order valence-electron chi connectivity index (χ0n) is 9.20. The number of rotatable bonds is 4. The lowest BCUT2D eigenvalue weighted by atomic mass is 9.99. The maximum absolute atomic E-state index is 10.3. The van der Waals surface area contributed by atoms with E-state index in [2.05, 4.69) is 5.32 Å². The standard InChI is InChI=1S/C12H19NOS/c1-12(14,10-6-7-15-8-10)9-13-11-4-2-3-5-11/h6-8,11,13-14H,2-5,9H2,1H3. The van der Waals surface area contributed by atoms with Crippen molar-refractivity contribution in [1.29, 1.82) is 0 Å². The molecule has 0 aromatic carbocycles. The molecule has 1 aromatic rings. The third-order valence-electron chi connectivity index (χ3n) is 3.23. The molecule has 1 fully saturated rings. The molecule has 0 radical (unpaired) electrons. The molecule has 1 saturated carbocycles. The van der Waals surface area contributed by atoms with E-state index in [1.807, 2.05) is 23.8 Å². The van der Waals surface area contributed by atoms with Crippen molar-refractivity contribution in [3.63, 3.8) is 0 Å². The molecule has 84 valence electrons. The van der Waals surface area contributed by atoms with Crippen molar-refractivity contribution in [2.45, 2.75) is 44.2 Å². The first-order valence-electron chi connectivity index (χ1n) is 5.67. The fourth-order valence-electron chi connectivity index (χ4n) is 2.15. The Morgan fingerprint density at radius 2 is 2.27 bits per heavy atom. The van der Waals surface area contributed by atoms with Crippen LogP contribution in [0.1, 0.15) is 38.2 Å². The number of nitrogens with one attached hydrogen (secondary N) is 1. The molecule has 0 aliphatic heterocycles. The minimum absolute atomic E-state index is 0.620. The molecule has 1 aliphatic rings. The maximum atomic E-state index is 10.3. The minimum atomic E-state index is -0.720. The molecular formula is C12H19NOS. The lowest BCUT2D eigenvalue weighted by molar-refractivity contribution is 0.0544. The average Bonchev–Trinajstić information content (AvgIpc) is 2.88. The summed E-state index contributed by atoms with van der Waals surface area (Å²) < 4.78 is 0. The third-order valence-corrected chi connectivity index (χ3v) is 3.92. The van der Waals surface area contributed by atoms with Gasteiger partial charge in [-0.1, -0.05) is 12.8 Å². The Labute approximate surface area is 95.3 Å². The van der Waals surface area contributed by atoms with E-state index in [0.717, 1.165) is 5.56 Å². The Hall–Kier alpha value is -0.380. The van der Waals surface area contributed by atoms with Crippen LogP contribution in [0.2, 0.25) is 0 Å². The van der Waals surface area contributed by atoms with Crippen molar-refractivity contribution >= 4 is 11.3 Å². The van der Waals surface area contributed by atoms with Gasteiger partial charge in [-0.25, -0.2) is 0 Å². The molecule has 1 aromatic heterocycles. The van der Waals surface area contributed by atoms with Crippen molar-refractivity contribution < 1.29 is 5.11 Å². The number of hydrogen-bond donors (Lipinski definition) is 2. The zero-order valence-corrected chi connectivity index (χ0v) is 10.0. The lowest BCUT2D eigenvalue weighted by Gasteiger charge is -2.25. The summed E-state index contributed by atoms with van der Waals surface area (Å²) in [4.78, 5) is 0. The first-order chi connectivity index (χ1) is 7.18. The summed E-state index contributed by atoms with van der Waals surface area (Å²) >= 11 is 1.64. The molecule has 0 spiro atoms. The van der Waals surface area contributed by atoms with Gasteiger partial charge < -0.3 is 10.4 Å². The number of hydrogen-bond acceptors (Lipinski definition) is 3. The summed E-state index contributed by atoms with van der Waals surface area (Å²) in [5.74, 6) is 0. The minimum Gasteiger partial charge on any atom is -0.384 e. The third kappa shape index (κ3) is 2.80. The van der Waals surface area contributed by atoms with Crippen LogP contribution in [0.25, 0.3) is 0 Å². The molecule has 15 heavy (non-hydrogen) atoms. The van der Waals surface area contributed by atoms with E-state index in [1.165, 1.54) is 25.7 Å². The number of aliphatic hydroxyl groups is 1. The van der Waals surface area contributed by atoms with Gasteiger partial charge >= 0.3 is 0 Å². The summed E-state index contributed by atoms with van der Waals surface area (Å²) in [6.07, 6.45) is 5.19. The van der Waals surface area contributed by atoms with Gasteiger partial charge in [-0.15, -0.1) is 0 Å². The lowest BCUT2D eigenvalue weighted by Crippen LogP contribution is -2.39. The highest BCUT2D eigenvalue weighted by Gasteiger charge is 2.25. The predicted octanol–water partition coefficient (Wildman–Crippen LogP) is 2.49. The van der Waals surface area contributed by atoms with Gasteiger partial charge in [0.25, 0.3) is 0 Å². The molecule has 1 unspecified atom stereocenters. The fourth-order valence-corrected chi connectivity index (χ4v) is 2.93. The van der Waals surface area contributed by atoms with Crippen molar-refractivity contribution in [2.24, 2.45) is 0 Å². The van der Waals surface area contributed by atoms with Crippen LogP contribution in [0, 0.1) is 0 Å². The molecule has 3 heteroatoms. The van der Waals surface area contributed by atoms with Crippen molar-refractivity contribution in [1.82, 2.24) is 5.32 Å². The second kappa shape index (κ2) is 4.64. The summed E-state index contributed by atoms with van der Waals surface area (Å²) in [7, 11) is 0. The van der Waals surface area contributed by atoms with Crippen LogP contribution < -0.4 is 5.32 Å².